The standard InChI is InChI=1S/C23H22N4O6/c1-13-19-15(24-25-21(28)14-7-3-4-9-16(14)31-2)8-5-10-17(19)33-20(13)23(30)27-26-22(29)18-11-6-12-32-18/h3-4,6-7,9,11-12H,5,8,10H2,1-2H3,(H,25,28)(H,26,29)(H,27,30)/b24-15+. The highest BCUT2D eigenvalue weighted by Gasteiger charge is 2.28. The van der Waals surface area contributed by atoms with E-state index in [2.05, 4.69) is 21.4 Å². The third kappa shape index (κ3) is 4.49. The molecule has 1 aliphatic rings. The van der Waals surface area contributed by atoms with Crippen LogP contribution >= 0.6 is 0 Å². The molecule has 3 aromatic rings. The molecule has 10 nitrogen and oxygen atoms in total. The fourth-order valence-corrected chi connectivity index (χ4v) is 3.65. The van der Waals surface area contributed by atoms with E-state index in [1.165, 1.54) is 19.4 Å². The van der Waals surface area contributed by atoms with Gasteiger partial charge in [-0.1, -0.05) is 12.1 Å². The molecule has 0 atom stereocenters. The molecule has 0 unspecified atom stereocenters. The number of hydrazine groups is 1. The van der Waals surface area contributed by atoms with E-state index < -0.39 is 17.7 Å². The van der Waals surface area contributed by atoms with Gasteiger partial charge in [0.05, 0.1) is 24.6 Å². The number of nitrogens with one attached hydrogen (secondary N) is 3. The fraction of sp³-hybridized carbons (Fsp3) is 0.217. The van der Waals surface area contributed by atoms with Gasteiger partial charge in [0.25, 0.3) is 5.91 Å². The first-order valence-corrected chi connectivity index (χ1v) is 10.3. The number of para-hydroxylation sites is 1. The molecule has 2 aromatic heterocycles. The van der Waals surface area contributed by atoms with Gasteiger partial charge in [0.2, 0.25) is 0 Å². The highest BCUT2D eigenvalue weighted by Crippen LogP contribution is 2.30. The van der Waals surface area contributed by atoms with Crippen LogP contribution in [0.3, 0.4) is 0 Å². The molecule has 0 spiro atoms. The van der Waals surface area contributed by atoms with Crippen LogP contribution in [-0.2, 0) is 6.42 Å². The van der Waals surface area contributed by atoms with Crippen LogP contribution in [0.25, 0.3) is 0 Å². The van der Waals surface area contributed by atoms with Gasteiger partial charge in [0.1, 0.15) is 11.5 Å². The molecule has 0 fully saturated rings. The van der Waals surface area contributed by atoms with Gasteiger partial charge in [-0.2, -0.15) is 5.10 Å². The number of amides is 3. The van der Waals surface area contributed by atoms with Gasteiger partial charge in [0, 0.05) is 17.5 Å². The fourth-order valence-electron chi connectivity index (χ4n) is 3.65. The second kappa shape index (κ2) is 9.43. The van der Waals surface area contributed by atoms with Crippen LogP contribution in [0, 0.1) is 6.92 Å². The number of hydrazone groups is 1. The second-order valence-electron chi connectivity index (χ2n) is 7.29. The lowest BCUT2D eigenvalue weighted by molar-refractivity contribution is 0.0815. The van der Waals surface area contributed by atoms with Crippen LogP contribution in [0.5, 0.6) is 5.75 Å². The number of rotatable bonds is 5. The lowest BCUT2D eigenvalue weighted by atomic mass is 9.93. The molecule has 4 rings (SSSR count). The third-order valence-corrected chi connectivity index (χ3v) is 5.21. The molecule has 2 heterocycles. The van der Waals surface area contributed by atoms with E-state index in [1.807, 2.05) is 0 Å². The van der Waals surface area contributed by atoms with E-state index in [9.17, 15) is 14.4 Å². The first-order valence-electron chi connectivity index (χ1n) is 10.3. The average molecular weight is 450 g/mol. The summed E-state index contributed by atoms with van der Waals surface area (Å²) in [6.45, 7) is 1.73. The Hall–Kier alpha value is -4.34. The molecule has 170 valence electrons. The van der Waals surface area contributed by atoms with Crippen molar-refractivity contribution < 1.29 is 28.0 Å². The Morgan fingerprint density at radius 2 is 1.79 bits per heavy atom. The van der Waals surface area contributed by atoms with E-state index in [0.29, 0.717) is 46.8 Å². The molecule has 1 aliphatic carbocycles. The minimum atomic E-state index is -0.612. The Balaban J connectivity index is 1.50. The van der Waals surface area contributed by atoms with Gasteiger partial charge in [-0.15, -0.1) is 0 Å². The lowest BCUT2D eigenvalue weighted by Gasteiger charge is -2.14. The van der Waals surface area contributed by atoms with Crippen molar-refractivity contribution in [2.45, 2.75) is 26.2 Å². The van der Waals surface area contributed by atoms with E-state index in [-0.39, 0.29) is 11.5 Å². The molecule has 0 saturated heterocycles. The van der Waals surface area contributed by atoms with Crippen LogP contribution in [-0.4, -0.2) is 30.5 Å². The van der Waals surface area contributed by atoms with Crippen LogP contribution in [0.1, 0.15) is 61.2 Å². The zero-order valence-electron chi connectivity index (χ0n) is 18.1. The lowest BCUT2D eigenvalue weighted by Crippen LogP contribution is -2.41. The van der Waals surface area contributed by atoms with Crippen LogP contribution in [0.15, 0.2) is 56.6 Å². The number of ether oxygens (including phenoxy) is 1. The topological polar surface area (TPSA) is 135 Å². The summed E-state index contributed by atoms with van der Waals surface area (Å²) in [5.74, 6) is -0.452. The second-order valence-corrected chi connectivity index (χ2v) is 7.29. The Morgan fingerprint density at radius 3 is 2.55 bits per heavy atom. The summed E-state index contributed by atoms with van der Waals surface area (Å²) in [5.41, 5.74) is 9.39. The van der Waals surface area contributed by atoms with Gasteiger partial charge in [0.15, 0.2) is 11.5 Å². The number of benzene rings is 1. The van der Waals surface area contributed by atoms with Crippen molar-refractivity contribution in [1.29, 1.82) is 0 Å². The number of methoxy groups -OCH3 is 1. The molecule has 0 bridgehead atoms. The normalized spacial score (nSPS) is 13.8. The van der Waals surface area contributed by atoms with Gasteiger partial charge in [-0.25, -0.2) is 5.43 Å². The summed E-state index contributed by atoms with van der Waals surface area (Å²) < 4.78 is 16.0. The van der Waals surface area contributed by atoms with E-state index in [0.717, 1.165) is 6.42 Å². The van der Waals surface area contributed by atoms with Gasteiger partial charge < -0.3 is 13.6 Å². The average Bonchev–Trinajstić information content (AvgIpc) is 3.49. The Bertz CT molecular complexity index is 1230. The maximum Gasteiger partial charge on any atom is 0.305 e. The maximum absolute atomic E-state index is 12.6. The van der Waals surface area contributed by atoms with Crippen LogP contribution in [0.4, 0.5) is 0 Å². The first kappa shape index (κ1) is 21.9. The summed E-state index contributed by atoms with van der Waals surface area (Å²) >= 11 is 0. The number of carbonyl (C=O) groups is 3. The van der Waals surface area contributed by atoms with Crippen LogP contribution in [0.2, 0.25) is 0 Å². The Morgan fingerprint density at radius 1 is 1.00 bits per heavy atom. The highest BCUT2D eigenvalue weighted by atomic mass is 16.5. The summed E-state index contributed by atoms with van der Waals surface area (Å²) in [5, 5.41) is 4.31. The zero-order chi connectivity index (χ0) is 23.4. The minimum Gasteiger partial charge on any atom is -0.496 e. The SMILES string of the molecule is COc1ccccc1C(=O)N/N=C1\CCCc2oc(C(=O)NNC(=O)c3ccco3)c(C)c21. The van der Waals surface area contributed by atoms with Crippen molar-refractivity contribution in [3.63, 3.8) is 0 Å². The molecular formula is C23H22N4O6. The van der Waals surface area contributed by atoms with Crippen molar-refractivity contribution in [2.75, 3.05) is 7.11 Å². The maximum atomic E-state index is 12.6. The number of aryl methyl sites for hydroxylation is 1. The molecule has 0 saturated carbocycles. The van der Waals surface area contributed by atoms with Crippen LogP contribution < -0.4 is 21.0 Å². The zero-order valence-corrected chi connectivity index (χ0v) is 18.1. The summed E-state index contributed by atoms with van der Waals surface area (Å²) in [6, 6.07) is 9.88. The molecule has 3 N–H and O–H groups in total. The van der Waals surface area contributed by atoms with Gasteiger partial charge in [-0.05, 0) is 44.0 Å². The number of fused-ring (bicyclic) bond motifs is 1. The Labute approximate surface area is 188 Å². The quantitative estimate of drug-likeness (QED) is 0.512. The third-order valence-electron chi connectivity index (χ3n) is 5.21. The van der Waals surface area contributed by atoms with E-state index in [4.69, 9.17) is 13.6 Å². The van der Waals surface area contributed by atoms with Gasteiger partial charge >= 0.3 is 11.8 Å². The molecule has 0 radical (unpaired) electrons. The number of hydrogen-bond acceptors (Lipinski definition) is 7. The number of carbonyl (C=O) groups excluding carboxylic acids is 3. The predicted octanol–water partition coefficient (Wildman–Crippen LogP) is 2.73. The Kier molecular flexibility index (Phi) is 6.25. The summed E-state index contributed by atoms with van der Waals surface area (Å²) in [4.78, 5) is 37.2. The monoisotopic (exact) mass is 450 g/mol. The van der Waals surface area contributed by atoms with Crippen molar-refractivity contribution in [2.24, 2.45) is 5.10 Å². The molecule has 0 aliphatic heterocycles. The van der Waals surface area contributed by atoms with Crippen molar-refractivity contribution >= 4 is 23.4 Å². The smallest absolute Gasteiger partial charge is 0.305 e. The largest absolute Gasteiger partial charge is 0.496 e. The number of furan rings is 2. The molecular weight excluding hydrogens is 428 g/mol. The molecule has 3 amide bonds. The number of hydrogen-bond donors (Lipinski definition) is 3. The highest BCUT2D eigenvalue weighted by molar-refractivity contribution is 6.07. The summed E-state index contributed by atoms with van der Waals surface area (Å²) in [7, 11) is 1.49. The predicted molar refractivity (Wildman–Crippen MR) is 117 cm³/mol. The van der Waals surface area contributed by atoms with E-state index >= 15 is 0 Å². The first-order chi connectivity index (χ1) is 16.0. The van der Waals surface area contributed by atoms with Gasteiger partial charge in [-0.3, -0.25) is 25.2 Å². The summed E-state index contributed by atoms with van der Waals surface area (Å²) in [6.07, 6.45) is 3.34. The van der Waals surface area contributed by atoms with Crippen molar-refractivity contribution in [3.8, 4) is 5.75 Å². The molecule has 33 heavy (non-hydrogen) atoms. The van der Waals surface area contributed by atoms with E-state index in [1.54, 1.807) is 37.3 Å². The number of nitrogens with zero attached hydrogens (tertiary/aromatic N) is 1. The molecule has 1 aromatic carbocycles. The molecule has 10 heteroatoms. The minimum absolute atomic E-state index is 0.0606. The van der Waals surface area contributed by atoms with Crippen molar-refractivity contribution in [1.82, 2.24) is 16.3 Å². The van der Waals surface area contributed by atoms with Crippen molar-refractivity contribution in [3.05, 3.63) is 76.6 Å².